The zero-order valence-corrected chi connectivity index (χ0v) is 19.8. The Bertz CT molecular complexity index is 470. The molecular weight excluding hydrogens is 407 g/mol. The van der Waals surface area contributed by atoms with E-state index in [1.807, 2.05) is 0 Å². The second-order valence-corrected chi connectivity index (χ2v) is 22.3. The molecule has 140 valence electrons. The van der Waals surface area contributed by atoms with E-state index in [-0.39, 0.29) is 0 Å². The summed E-state index contributed by atoms with van der Waals surface area (Å²) in [5, 5.41) is 0. The molecule has 1 aromatic rings. The Morgan fingerprint density at radius 2 is 1.40 bits per heavy atom. The van der Waals surface area contributed by atoms with Crippen LogP contribution in [0.1, 0.15) is 77.2 Å². The standard InChI is InChI=1S/C12H13.3C4H9.Sn/c1-2-6-11-9-12(11)10-7-4-3-5-8-10;3*1-3-4-2;/h2-5,7-9,11-12H,1,6H2;3*1,3-4H2,2H3;/t11-,12+;;;;/m1..../s1. The maximum absolute atomic E-state index is 4.10. The number of rotatable bonds is 13. The van der Waals surface area contributed by atoms with Crippen molar-refractivity contribution in [3.05, 3.63) is 48.6 Å². The maximum atomic E-state index is 4.10. The van der Waals surface area contributed by atoms with Gasteiger partial charge in [-0.3, -0.25) is 0 Å². The molecule has 25 heavy (non-hydrogen) atoms. The molecule has 0 unspecified atom stereocenters. The topological polar surface area (TPSA) is 0 Å². The normalized spacial score (nSPS) is 22.8. The van der Waals surface area contributed by atoms with Gasteiger partial charge in [-0.15, -0.1) is 0 Å². The summed E-state index contributed by atoms with van der Waals surface area (Å²) in [5.74, 6) is 1.78. The summed E-state index contributed by atoms with van der Waals surface area (Å²) >= 11 is -2.13. The van der Waals surface area contributed by atoms with Gasteiger partial charge < -0.3 is 0 Å². The van der Waals surface area contributed by atoms with Crippen molar-refractivity contribution in [3.63, 3.8) is 0 Å². The van der Waals surface area contributed by atoms with E-state index >= 15 is 0 Å². The third-order valence-electron chi connectivity index (χ3n) is 6.58. The molecule has 3 atom stereocenters. The van der Waals surface area contributed by atoms with Crippen LogP contribution < -0.4 is 0 Å². The number of hydrogen-bond donors (Lipinski definition) is 0. The van der Waals surface area contributed by atoms with Crippen LogP contribution in [0.15, 0.2) is 43.0 Å². The molecule has 0 amide bonds. The van der Waals surface area contributed by atoms with Crippen molar-refractivity contribution in [3.8, 4) is 0 Å². The van der Waals surface area contributed by atoms with E-state index in [4.69, 9.17) is 0 Å². The third kappa shape index (κ3) is 5.37. The first kappa shape index (κ1) is 21.1. The van der Waals surface area contributed by atoms with Crippen LogP contribution in [0.4, 0.5) is 0 Å². The van der Waals surface area contributed by atoms with Gasteiger partial charge in [0.2, 0.25) is 0 Å². The van der Waals surface area contributed by atoms with Crippen LogP contribution in [-0.2, 0) is 0 Å². The van der Waals surface area contributed by atoms with Crippen molar-refractivity contribution >= 4 is 18.4 Å². The van der Waals surface area contributed by atoms with Gasteiger partial charge in [0.05, 0.1) is 0 Å². The molecule has 1 fully saturated rings. The quantitative estimate of drug-likeness (QED) is 0.211. The average Bonchev–Trinajstić information content (AvgIpc) is 3.37. The Morgan fingerprint density at radius 1 is 0.880 bits per heavy atom. The molecule has 1 aliphatic rings. The molecule has 0 heterocycles. The molecule has 0 N–H and O–H groups in total. The Morgan fingerprint density at radius 3 is 1.84 bits per heavy atom. The second kappa shape index (κ2) is 10.8. The third-order valence-corrected chi connectivity index (χ3v) is 24.4. The van der Waals surface area contributed by atoms with Gasteiger partial charge in [0.15, 0.2) is 0 Å². The first-order valence-corrected chi connectivity index (χ1v) is 18.6. The molecule has 0 radical (unpaired) electrons. The van der Waals surface area contributed by atoms with E-state index in [9.17, 15) is 0 Å². The van der Waals surface area contributed by atoms with E-state index in [1.54, 1.807) is 18.9 Å². The van der Waals surface area contributed by atoms with Crippen LogP contribution in [0.25, 0.3) is 0 Å². The van der Waals surface area contributed by atoms with Crippen LogP contribution in [0.2, 0.25) is 17.2 Å². The predicted molar refractivity (Wildman–Crippen MR) is 116 cm³/mol. The fraction of sp³-hybridized carbons (Fsp3) is 0.667. The van der Waals surface area contributed by atoms with Crippen molar-refractivity contribution in [2.45, 2.75) is 88.9 Å². The molecule has 0 aliphatic heterocycles. The van der Waals surface area contributed by atoms with Gasteiger partial charge in [-0.1, -0.05) is 0 Å². The van der Waals surface area contributed by atoms with Crippen LogP contribution in [0, 0.1) is 5.92 Å². The summed E-state index contributed by atoms with van der Waals surface area (Å²) < 4.78 is 6.02. The summed E-state index contributed by atoms with van der Waals surface area (Å²) in [6.45, 7) is 11.3. The fourth-order valence-corrected chi connectivity index (χ4v) is 26.0. The van der Waals surface area contributed by atoms with E-state index in [2.05, 4.69) is 63.8 Å². The number of benzene rings is 1. The van der Waals surface area contributed by atoms with Gasteiger partial charge in [0.25, 0.3) is 0 Å². The average molecular weight is 447 g/mol. The molecule has 0 bridgehead atoms. The van der Waals surface area contributed by atoms with Crippen molar-refractivity contribution < 1.29 is 0 Å². The van der Waals surface area contributed by atoms with E-state index in [0.29, 0.717) is 0 Å². The number of allylic oxidation sites excluding steroid dienone is 1. The zero-order chi connectivity index (χ0) is 18.1. The first-order valence-electron chi connectivity index (χ1n) is 10.9. The second-order valence-electron chi connectivity index (χ2n) is 8.32. The monoisotopic (exact) mass is 448 g/mol. The Kier molecular flexibility index (Phi) is 9.10. The van der Waals surface area contributed by atoms with Gasteiger partial charge in [0, 0.05) is 0 Å². The Labute approximate surface area is 161 Å². The molecule has 1 saturated carbocycles. The van der Waals surface area contributed by atoms with Crippen LogP contribution in [-0.4, -0.2) is 18.4 Å². The SMILES string of the molecule is C=CC[C@H]1[C@H](c2ccccc2)[C@H]1[Sn]([CH2]CCC)([CH2]CCC)[CH2]CCC. The summed E-state index contributed by atoms with van der Waals surface area (Å²) in [6, 6.07) is 11.5. The van der Waals surface area contributed by atoms with Crippen molar-refractivity contribution in [1.29, 1.82) is 0 Å². The van der Waals surface area contributed by atoms with Crippen LogP contribution in [0.3, 0.4) is 0 Å². The minimum atomic E-state index is -2.13. The fourth-order valence-electron chi connectivity index (χ4n) is 5.29. The first-order chi connectivity index (χ1) is 12.2. The van der Waals surface area contributed by atoms with Gasteiger partial charge in [-0.25, -0.2) is 0 Å². The van der Waals surface area contributed by atoms with Gasteiger partial charge in [-0.05, 0) is 0 Å². The Hall–Kier alpha value is -0.241. The number of unbranched alkanes of at least 4 members (excludes halogenated alkanes) is 3. The molecule has 0 spiro atoms. The molecule has 0 saturated heterocycles. The zero-order valence-electron chi connectivity index (χ0n) is 17.0. The van der Waals surface area contributed by atoms with E-state index in [1.165, 1.54) is 44.9 Å². The Balaban J connectivity index is 2.29. The summed E-state index contributed by atoms with van der Waals surface area (Å²) in [7, 11) is 0. The summed E-state index contributed by atoms with van der Waals surface area (Å²) in [4.78, 5) is 0. The summed E-state index contributed by atoms with van der Waals surface area (Å²) in [5.41, 5.74) is 1.63. The molecular formula is C24H40Sn. The van der Waals surface area contributed by atoms with Gasteiger partial charge in [0.1, 0.15) is 0 Å². The minimum absolute atomic E-state index is 0.862. The van der Waals surface area contributed by atoms with Gasteiger partial charge in [-0.2, -0.15) is 0 Å². The predicted octanol–water partition coefficient (Wildman–Crippen LogP) is 8.20. The molecule has 1 aliphatic carbocycles. The number of hydrogen-bond acceptors (Lipinski definition) is 0. The van der Waals surface area contributed by atoms with Crippen LogP contribution >= 0.6 is 0 Å². The summed E-state index contributed by atoms with van der Waals surface area (Å²) in [6.07, 6.45) is 12.1. The molecule has 0 aromatic heterocycles. The van der Waals surface area contributed by atoms with Gasteiger partial charge >= 0.3 is 162 Å². The van der Waals surface area contributed by atoms with E-state index in [0.717, 1.165) is 15.8 Å². The van der Waals surface area contributed by atoms with Crippen molar-refractivity contribution in [2.75, 3.05) is 0 Å². The van der Waals surface area contributed by atoms with Crippen molar-refractivity contribution in [1.82, 2.24) is 0 Å². The molecule has 1 aromatic carbocycles. The van der Waals surface area contributed by atoms with Crippen molar-refractivity contribution in [2.24, 2.45) is 5.92 Å². The molecule has 2 rings (SSSR count). The van der Waals surface area contributed by atoms with E-state index < -0.39 is 18.4 Å². The molecule has 0 nitrogen and oxygen atoms in total. The van der Waals surface area contributed by atoms with Crippen LogP contribution in [0.5, 0.6) is 0 Å². The molecule has 1 heteroatoms.